The topological polar surface area (TPSA) is 65.6 Å². The average Bonchev–Trinajstić information content (AvgIpc) is 3.05. The van der Waals surface area contributed by atoms with E-state index in [9.17, 15) is 4.79 Å². The van der Waals surface area contributed by atoms with Gasteiger partial charge in [0.2, 0.25) is 5.91 Å². The maximum Gasteiger partial charge on any atom is 0.219 e. The summed E-state index contributed by atoms with van der Waals surface area (Å²) in [4.78, 5) is 11.1. The number of rotatable bonds is 9. The van der Waals surface area contributed by atoms with Crippen molar-refractivity contribution in [2.75, 3.05) is 19.7 Å². The zero-order valence-electron chi connectivity index (χ0n) is 13.9. The average molecular weight is 318 g/mol. The number of hydrogen-bond donors (Lipinski definition) is 3. The van der Waals surface area contributed by atoms with Crippen LogP contribution < -0.4 is 21.0 Å². The van der Waals surface area contributed by atoms with Crippen molar-refractivity contribution in [3.05, 3.63) is 41.7 Å². The first kappa shape index (κ1) is 17.1. The van der Waals surface area contributed by atoms with Crippen molar-refractivity contribution in [2.24, 2.45) is 0 Å². The molecule has 6 nitrogen and oxygen atoms in total. The normalized spacial score (nSPS) is 13.5. The number of hydrogen-bond acceptors (Lipinski definition) is 5. The van der Waals surface area contributed by atoms with Crippen molar-refractivity contribution in [3.8, 4) is 5.75 Å². The van der Waals surface area contributed by atoms with Gasteiger partial charge in [0, 0.05) is 25.7 Å². The van der Waals surface area contributed by atoms with Gasteiger partial charge in [0.15, 0.2) is 0 Å². The van der Waals surface area contributed by atoms with Crippen LogP contribution in [0.15, 0.2) is 36.2 Å². The summed E-state index contributed by atoms with van der Waals surface area (Å²) in [5, 5.41) is 4.82. The van der Waals surface area contributed by atoms with Gasteiger partial charge in [0.05, 0.1) is 5.70 Å². The summed E-state index contributed by atoms with van der Waals surface area (Å²) in [6.45, 7) is 5.98. The molecule has 2 rings (SSSR count). The lowest BCUT2D eigenvalue weighted by Gasteiger charge is -2.14. The molecule has 0 fully saturated rings. The summed E-state index contributed by atoms with van der Waals surface area (Å²) in [7, 11) is 0. The standard InChI is InChI=1S/C17H26N4O2/c1-3-14-6-8-16(9-7-14)23-13-15-12-21(20-19-15)11-5-10-18-17(22)4-2/h6-9,12,19-20H,3-5,10-11,13H2,1-2H3,(H,18,22). The second-order valence-corrected chi connectivity index (χ2v) is 5.43. The van der Waals surface area contributed by atoms with Gasteiger partial charge in [-0.2, -0.15) is 0 Å². The molecule has 0 unspecified atom stereocenters. The molecule has 1 aromatic rings. The zero-order valence-corrected chi connectivity index (χ0v) is 13.9. The van der Waals surface area contributed by atoms with Crippen LogP contribution in [0, 0.1) is 0 Å². The van der Waals surface area contributed by atoms with Gasteiger partial charge in [-0.3, -0.25) is 9.80 Å². The number of nitrogens with one attached hydrogen (secondary N) is 3. The Morgan fingerprint density at radius 1 is 1.26 bits per heavy atom. The van der Waals surface area contributed by atoms with Crippen LogP contribution in [0.1, 0.15) is 32.3 Å². The van der Waals surface area contributed by atoms with Gasteiger partial charge in [-0.05, 0) is 30.5 Å². The van der Waals surface area contributed by atoms with Crippen molar-refractivity contribution in [1.29, 1.82) is 0 Å². The molecule has 6 heteroatoms. The third-order valence-corrected chi connectivity index (χ3v) is 3.62. The Morgan fingerprint density at radius 2 is 2.04 bits per heavy atom. The van der Waals surface area contributed by atoms with Crippen LogP contribution in [-0.2, 0) is 11.2 Å². The van der Waals surface area contributed by atoms with Crippen LogP contribution in [-0.4, -0.2) is 30.6 Å². The Bertz CT molecular complexity index is 528. The molecule has 0 bridgehead atoms. The van der Waals surface area contributed by atoms with E-state index in [1.807, 2.05) is 30.3 Å². The second kappa shape index (κ2) is 9.05. The molecular weight excluding hydrogens is 292 g/mol. The second-order valence-electron chi connectivity index (χ2n) is 5.43. The molecule has 1 aliphatic rings. The van der Waals surface area contributed by atoms with Gasteiger partial charge in [-0.1, -0.05) is 26.0 Å². The largest absolute Gasteiger partial charge is 0.487 e. The summed E-state index contributed by atoms with van der Waals surface area (Å²) in [5.41, 5.74) is 8.42. The predicted octanol–water partition coefficient (Wildman–Crippen LogP) is 1.71. The van der Waals surface area contributed by atoms with Crippen molar-refractivity contribution in [3.63, 3.8) is 0 Å². The first-order chi connectivity index (χ1) is 11.2. The molecule has 0 aliphatic carbocycles. The fourth-order valence-corrected chi connectivity index (χ4v) is 2.17. The van der Waals surface area contributed by atoms with Crippen LogP contribution in [0.2, 0.25) is 0 Å². The van der Waals surface area contributed by atoms with E-state index in [1.165, 1.54) is 5.56 Å². The lowest BCUT2D eigenvalue weighted by Crippen LogP contribution is -2.38. The van der Waals surface area contributed by atoms with Crippen LogP contribution in [0.25, 0.3) is 0 Å². The molecule has 0 atom stereocenters. The third kappa shape index (κ3) is 5.83. The molecule has 0 spiro atoms. The number of ether oxygens (including phenoxy) is 1. The van der Waals surface area contributed by atoms with Gasteiger partial charge < -0.3 is 15.5 Å². The molecule has 1 amide bonds. The Morgan fingerprint density at radius 3 is 2.74 bits per heavy atom. The molecule has 1 aromatic carbocycles. The van der Waals surface area contributed by atoms with E-state index in [2.05, 4.69) is 35.3 Å². The van der Waals surface area contributed by atoms with Crippen molar-refractivity contribution >= 4 is 5.91 Å². The minimum Gasteiger partial charge on any atom is -0.487 e. The Hall–Kier alpha value is -2.21. The number of carbonyl (C=O) groups is 1. The summed E-state index contributed by atoms with van der Waals surface area (Å²) in [5.74, 6) is 0.960. The third-order valence-electron chi connectivity index (χ3n) is 3.62. The van der Waals surface area contributed by atoms with E-state index < -0.39 is 0 Å². The molecule has 3 N–H and O–H groups in total. The fraction of sp³-hybridized carbons (Fsp3) is 0.471. The number of nitrogens with zero attached hydrogens (tertiary/aromatic N) is 1. The summed E-state index contributed by atoms with van der Waals surface area (Å²) < 4.78 is 5.75. The van der Waals surface area contributed by atoms with Crippen LogP contribution in [0.5, 0.6) is 5.75 Å². The van der Waals surface area contributed by atoms with Gasteiger partial charge in [-0.25, -0.2) is 0 Å². The highest BCUT2D eigenvalue weighted by atomic mass is 16.5. The van der Waals surface area contributed by atoms with Gasteiger partial charge >= 0.3 is 0 Å². The molecule has 1 heterocycles. The fourth-order valence-electron chi connectivity index (χ4n) is 2.17. The summed E-state index contributed by atoms with van der Waals surface area (Å²) >= 11 is 0. The number of hydrazine groups is 2. The van der Waals surface area contributed by atoms with Crippen LogP contribution in [0.3, 0.4) is 0 Å². The van der Waals surface area contributed by atoms with E-state index in [0.29, 0.717) is 19.6 Å². The molecule has 0 radical (unpaired) electrons. The molecule has 1 aliphatic heterocycles. The van der Waals surface area contributed by atoms with Gasteiger partial charge in [-0.15, -0.1) is 5.53 Å². The van der Waals surface area contributed by atoms with E-state index >= 15 is 0 Å². The number of benzene rings is 1. The first-order valence-corrected chi connectivity index (χ1v) is 8.18. The lowest BCUT2D eigenvalue weighted by molar-refractivity contribution is -0.120. The number of amides is 1. The molecule has 0 saturated carbocycles. The highest BCUT2D eigenvalue weighted by Gasteiger charge is 2.11. The van der Waals surface area contributed by atoms with Crippen molar-refractivity contribution < 1.29 is 9.53 Å². The Labute approximate surface area is 137 Å². The Balaban J connectivity index is 1.67. The van der Waals surface area contributed by atoms with E-state index in [4.69, 9.17) is 4.74 Å². The Kier molecular flexibility index (Phi) is 6.75. The smallest absolute Gasteiger partial charge is 0.219 e. The minimum atomic E-state index is 0.0937. The first-order valence-electron chi connectivity index (χ1n) is 8.18. The zero-order chi connectivity index (χ0) is 16.5. The number of aryl methyl sites for hydroxylation is 1. The van der Waals surface area contributed by atoms with E-state index in [1.54, 1.807) is 0 Å². The summed E-state index contributed by atoms with van der Waals surface area (Å²) in [6, 6.07) is 8.16. The monoisotopic (exact) mass is 318 g/mol. The SMILES string of the molecule is CCC(=O)NCCCN1C=C(COc2ccc(CC)cc2)NN1. The number of carbonyl (C=O) groups excluding carboxylic acids is 1. The molecule has 0 saturated heterocycles. The minimum absolute atomic E-state index is 0.0937. The van der Waals surface area contributed by atoms with Gasteiger partial charge in [0.1, 0.15) is 12.4 Å². The highest BCUT2D eigenvalue weighted by molar-refractivity contribution is 5.75. The van der Waals surface area contributed by atoms with E-state index in [-0.39, 0.29) is 5.91 Å². The van der Waals surface area contributed by atoms with E-state index in [0.717, 1.165) is 30.8 Å². The maximum atomic E-state index is 11.1. The molecular formula is C17H26N4O2. The molecule has 126 valence electrons. The molecule has 23 heavy (non-hydrogen) atoms. The van der Waals surface area contributed by atoms with Crippen LogP contribution in [0.4, 0.5) is 0 Å². The van der Waals surface area contributed by atoms with Crippen molar-refractivity contribution in [2.45, 2.75) is 33.1 Å². The quantitative estimate of drug-likeness (QED) is 0.605. The van der Waals surface area contributed by atoms with Gasteiger partial charge in [0.25, 0.3) is 0 Å². The highest BCUT2D eigenvalue weighted by Crippen LogP contribution is 2.13. The lowest BCUT2D eigenvalue weighted by atomic mass is 10.2. The predicted molar refractivity (Wildman–Crippen MR) is 90.3 cm³/mol. The van der Waals surface area contributed by atoms with Crippen LogP contribution >= 0.6 is 0 Å². The molecule has 0 aromatic heterocycles. The maximum absolute atomic E-state index is 11.1. The summed E-state index contributed by atoms with van der Waals surface area (Å²) in [6.07, 6.45) is 4.43. The van der Waals surface area contributed by atoms with Crippen molar-refractivity contribution in [1.82, 2.24) is 21.3 Å².